The van der Waals surface area contributed by atoms with Crippen molar-refractivity contribution >= 4 is 35.7 Å². The Morgan fingerprint density at radius 3 is 2.57 bits per heavy atom. The number of alkyl halides is 1. The van der Waals surface area contributed by atoms with Crippen molar-refractivity contribution in [2.24, 2.45) is 0 Å². The third-order valence-corrected chi connectivity index (χ3v) is 3.58. The number of rotatable bonds is 2. The summed E-state index contributed by atoms with van der Waals surface area (Å²) >= 11 is 3.19. The average Bonchev–Trinajstić information content (AvgIpc) is 2.15. The molecule has 0 N–H and O–H groups in total. The highest BCUT2D eigenvalue weighted by Crippen LogP contribution is 2.20. The van der Waals surface area contributed by atoms with Crippen LogP contribution in [-0.2, 0) is 14.4 Å². The number of nitriles is 1. The Hall–Kier alpha value is -0.570. The Morgan fingerprint density at radius 2 is 2.14 bits per heavy atom. The molecule has 1 aromatic carbocycles. The van der Waals surface area contributed by atoms with Gasteiger partial charge in [0.05, 0.1) is 16.5 Å². The van der Waals surface area contributed by atoms with Crippen LogP contribution in [0.15, 0.2) is 23.1 Å². The molecule has 0 atom stereocenters. The van der Waals surface area contributed by atoms with Crippen LogP contribution in [0.1, 0.15) is 11.1 Å². The molecule has 14 heavy (non-hydrogen) atoms. The summed E-state index contributed by atoms with van der Waals surface area (Å²) in [6.07, 6.45) is 0. The lowest BCUT2D eigenvalue weighted by Gasteiger charge is -2.01. The molecule has 0 bridgehead atoms. The van der Waals surface area contributed by atoms with E-state index in [1.165, 1.54) is 12.1 Å². The smallest absolute Gasteiger partial charge is 0.207 e. The highest BCUT2D eigenvalue weighted by molar-refractivity contribution is 9.08. The number of benzene rings is 1. The van der Waals surface area contributed by atoms with Gasteiger partial charge in [0, 0.05) is 16.0 Å². The van der Waals surface area contributed by atoms with E-state index in [-0.39, 0.29) is 4.90 Å². The molecule has 0 spiro atoms. The molecule has 0 unspecified atom stereocenters. The zero-order valence-electron chi connectivity index (χ0n) is 6.87. The molecule has 0 heterocycles. The van der Waals surface area contributed by atoms with Gasteiger partial charge in [0.1, 0.15) is 0 Å². The topological polar surface area (TPSA) is 57.9 Å². The van der Waals surface area contributed by atoms with E-state index in [4.69, 9.17) is 15.9 Å². The van der Waals surface area contributed by atoms with Crippen LogP contribution in [-0.4, -0.2) is 8.42 Å². The van der Waals surface area contributed by atoms with Gasteiger partial charge in [0.2, 0.25) is 0 Å². The first kappa shape index (κ1) is 11.5. The highest BCUT2D eigenvalue weighted by Gasteiger charge is 2.12. The van der Waals surface area contributed by atoms with Crippen LogP contribution in [0, 0.1) is 11.3 Å². The van der Waals surface area contributed by atoms with Crippen molar-refractivity contribution in [1.29, 1.82) is 5.26 Å². The molecule has 0 aliphatic carbocycles. The van der Waals surface area contributed by atoms with E-state index in [0.717, 1.165) is 5.56 Å². The van der Waals surface area contributed by atoms with Gasteiger partial charge in [-0.3, -0.25) is 0 Å². The van der Waals surface area contributed by atoms with Gasteiger partial charge >= 0.3 is 0 Å². The van der Waals surface area contributed by atoms with Gasteiger partial charge in [-0.05, 0) is 17.7 Å². The first-order valence-corrected chi connectivity index (χ1v) is 6.96. The zero-order chi connectivity index (χ0) is 10.8. The van der Waals surface area contributed by atoms with Crippen molar-refractivity contribution < 1.29 is 8.42 Å². The Balaban J connectivity index is 3.38. The summed E-state index contributed by atoms with van der Waals surface area (Å²) in [6.45, 7) is 0. The maximum atomic E-state index is 10.9. The first-order valence-electron chi connectivity index (χ1n) is 3.52. The van der Waals surface area contributed by atoms with Crippen LogP contribution in [0.25, 0.3) is 0 Å². The zero-order valence-corrected chi connectivity index (χ0v) is 10.0. The van der Waals surface area contributed by atoms with Crippen molar-refractivity contribution in [2.75, 3.05) is 0 Å². The minimum Gasteiger partial charge on any atom is -0.207 e. The van der Waals surface area contributed by atoms with Crippen LogP contribution in [0.2, 0.25) is 0 Å². The number of halogens is 2. The summed E-state index contributed by atoms with van der Waals surface area (Å²) in [5.74, 6) is 0. The Kier molecular flexibility index (Phi) is 3.53. The molecule has 0 amide bonds. The molecule has 1 aromatic rings. The maximum Gasteiger partial charge on any atom is 0.261 e. The first-order chi connectivity index (χ1) is 6.49. The summed E-state index contributed by atoms with van der Waals surface area (Å²) in [5, 5.41) is 9.23. The van der Waals surface area contributed by atoms with E-state index < -0.39 is 9.05 Å². The Bertz CT molecular complexity index is 493. The van der Waals surface area contributed by atoms with Gasteiger partial charge in [-0.1, -0.05) is 22.0 Å². The third-order valence-electron chi connectivity index (χ3n) is 1.63. The molecule has 6 heteroatoms. The van der Waals surface area contributed by atoms with Gasteiger partial charge in [0.15, 0.2) is 0 Å². The Labute approximate surface area is 94.9 Å². The van der Waals surface area contributed by atoms with Crippen molar-refractivity contribution in [3.05, 3.63) is 29.3 Å². The molecule has 0 aliphatic heterocycles. The summed E-state index contributed by atoms with van der Waals surface area (Å²) in [6, 6.07) is 6.10. The maximum absolute atomic E-state index is 10.9. The van der Waals surface area contributed by atoms with Crippen LogP contribution in [0.4, 0.5) is 0 Å². The SMILES string of the molecule is N#Cc1cc(S(=O)(=O)Cl)ccc1CBr. The number of hydrogen-bond donors (Lipinski definition) is 0. The predicted octanol–water partition coefficient (Wildman–Crippen LogP) is 2.38. The lowest BCUT2D eigenvalue weighted by Crippen LogP contribution is -1.94. The van der Waals surface area contributed by atoms with Gasteiger partial charge in [-0.2, -0.15) is 5.26 Å². The van der Waals surface area contributed by atoms with E-state index in [1.807, 2.05) is 6.07 Å². The summed E-state index contributed by atoms with van der Waals surface area (Å²) in [5.41, 5.74) is 1.04. The molecular weight excluding hydrogens is 290 g/mol. The third kappa shape index (κ3) is 2.47. The normalized spacial score (nSPS) is 10.9. The number of nitrogens with zero attached hydrogens (tertiary/aromatic N) is 1. The largest absolute Gasteiger partial charge is 0.261 e. The second kappa shape index (κ2) is 4.30. The molecule has 0 fully saturated rings. The highest BCUT2D eigenvalue weighted by atomic mass is 79.9. The van der Waals surface area contributed by atoms with Crippen LogP contribution in [0.5, 0.6) is 0 Å². The summed E-state index contributed by atoms with van der Waals surface area (Å²) in [7, 11) is 1.38. The summed E-state index contributed by atoms with van der Waals surface area (Å²) < 4.78 is 21.9. The second-order valence-electron chi connectivity index (χ2n) is 2.50. The van der Waals surface area contributed by atoms with Crippen molar-refractivity contribution in [2.45, 2.75) is 10.2 Å². The molecule has 0 aliphatic rings. The van der Waals surface area contributed by atoms with Crippen molar-refractivity contribution in [1.82, 2.24) is 0 Å². The number of hydrogen-bond acceptors (Lipinski definition) is 3. The minimum absolute atomic E-state index is 0.0552. The minimum atomic E-state index is -3.75. The van der Waals surface area contributed by atoms with Gasteiger partial charge in [-0.25, -0.2) is 8.42 Å². The van der Waals surface area contributed by atoms with Gasteiger partial charge in [0.25, 0.3) is 9.05 Å². The van der Waals surface area contributed by atoms with Gasteiger partial charge in [-0.15, -0.1) is 0 Å². The molecule has 0 saturated carbocycles. The van der Waals surface area contributed by atoms with Crippen LogP contribution >= 0.6 is 26.6 Å². The van der Waals surface area contributed by atoms with Gasteiger partial charge < -0.3 is 0 Å². The fraction of sp³-hybridized carbons (Fsp3) is 0.125. The lowest BCUT2D eigenvalue weighted by atomic mass is 10.1. The molecule has 0 radical (unpaired) electrons. The summed E-state index contributed by atoms with van der Waals surface area (Å²) in [4.78, 5) is -0.0552. The standard InChI is InChI=1S/C8H5BrClNO2S/c9-4-6-1-2-8(14(10,12)13)3-7(6)5-11/h1-3H,4H2. The van der Waals surface area contributed by atoms with Crippen LogP contribution in [0.3, 0.4) is 0 Å². The van der Waals surface area contributed by atoms with Crippen LogP contribution < -0.4 is 0 Å². The van der Waals surface area contributed by atoms with E-state index in [1.54, 1.807) is 6.07 Å². The molecule has 74 valence electrons. The second-order valence-corrected chi connectivity index (χ2v) is 5.63. The lowest BCUT2D eigenvalue weighted by molar-refractivity contribution is 0.609. The molecule has 0 aromatic heterocycles. The van der Waals surface area contributed by atoms with E-state index >= 15 is 0 Å². The fourth-order valence-corrected chi connectivity index (χ4v) is 2.19. The van der Waals surface area contributed by atoms with E-state index in [9.17, 15) is 8.42 Å². The monoisotopic (exact) mass is 293 g/mol. The molecule has 3 nitrogen and oxygen atoms in total. The predicted molar refractivity (Wildman–Crippen MR) is 56.8 cm³/mol. The fourth-order valence-electron chi connectivity index (χ4n) is 0.928. The Morgan fingerprint density at radius 1 is 1.50 bits per heavy atom. The average molecular weight is 295 g/mol. The van der Waals surface area contributed by atoms with E-state index in [2.05, 4.69) is 15.9 Å². The van der Waals surface area contributed by atoms with Crippen molar-refractivity contribution in [3.8, 4) is 6.07 Å². The van der Waals surface area contributed by atoms with Crippen molar-refractivity contribution in [3.63, 3.8) is 0 Å². The van der Waals surface area contributed by atoms with E-state index in [0.29, 0.717) is 10.9 Å². The molecule has 0 saturated heterocycles. The quantitative estimate of drug-likeness (QED) is 0.621. The molecule has 1 rings (SSSR count). The molecular formula is C8H5BrClNO2S.